The van der Waals surface area contributed by atoms with Crippen LogP contribution in [-0.4, -0.2) is 17.6 Å². The summed E-state index contributed by atoms with van der Waals surface area (Å²) in [5.41, 5.74) is 0.458. The average Bonchev–Trinajstić information content (AvgIpc) is 2.05. The monoisotopic (exact) mass is 229 g/mol. The predicted octanol–water partition coefficient (Wildman–Crippen LogP) is 2.02. The summed E-state index contributed by atoms with van der Waals surface area (Å²) >= 11 is 3.15. The number of ether oxygens (including phenoxy) is 1. The molecule has 64 valence electrons. The van der Waals surface area contributed by atoms with Crippen molar-refractivity contribution < 1.29 is 9.53 Å². The molecule has 0 aliphatic heterocycles. The van der Waals surface area contributed by atoms with E-state index in [4.69, 9.17) is 4.74 Å². The molecule has 3 nitrogen and oxygen atoms in total. The fraction of sp³-hybridized carbons (Fsp3) is 0.250. The van der Waals surface area contributed by atoms with Crippen LogP contribution in [0.25, 0.3) is 0 Å². The van der Waals surface area contributed by atoms with Gasteiger partial charge in [0, 0.05) is 6.20 Å². The lowest BCUT2D eigenvalue weighted by atomic mass is 10.3. The minimum absolute atomic E-state index is 0.350. The fourth-order valence-corrected chi connectivity index (χ4v) is 1.16. The molecule has 0 bridgehead atoms. The SMILES string of the molecule is CCOC(=O)c1cccnc1Br. The molecule has 0 aliphatic carbocycles. The van der Waals surface area contributed by atoms with Gasteiger partial charge < -0.3 is 4.74 Å². The Bertz CT molecular complexity index is 288. The highest BCUT2D eigenvalue weighted by molar-refractivity contribution is 9.10. The molecule has 1 aromatic heterocycles. The number of carbonyl (C=O) groups excluding carboxylic acids is 1. The van der Waals surface area contributed by atoms with E-state index in [1.54, 1.807) is 25.3 Å². The van der Waals surface area contributed by atoms with Crippen LogP contribution in [0.4, 0.5) is 0 Å². The molecule has 0 amide bonds. The Hall–Kier alpha value is -0.900. The summed E-state index contributed by atoms with van der Waals surface area (Å²) < 4.78 is 5.32. The number of rotatable bonds is 2. The second-order valence-electron chi connectivity index (χ2n) is 2.06. The van der Waals surface area contributed by atoms with Crippen molar-refractivity contribution in [3.05, 3.63) is 28.5 Å². The first-order valence-electron chi connectivity index (χ1n) is 3.53. The molecule has 1 heterocycles. The lowest BCUT2D eigenvalue weighted by Crippen LogP contribution is -2.05. The van der Waals surface area contributed by atoms with E-state index in [0.717, 1.165) is 0 Å². The van der Waals surface area contributed by atoms with Gasteiger partial charge in [0.25, 0.3) is 0 Å². The van der Waals surface area contributed by atoms with Gasteiger partial charge in [-0.3, -0.25) is 0 Å². The Morgan fingerprint density at radius 3 is 3.08 bits per heavy atom. The number of hydrogen-bond donors (Lipinski definition) is 0. The van der Waals surface area contributed by atoms with E-state index in [0.29, 0.717) is 16.8 Å². The molecule has 0 spiro atoms. The van der Waals surface area contributed by atoms with Gasteiger partial charge in [-0.15, -0.1) is 0 Å². The minimum Gasteiger partial charge on any atom is -0.462 e. The van der Waals surface area contributed by atoms with Crippen molar-refractivity contribution in [2.45, 2.75) is 6.92 Å². The smallest absolute Gasteiger partial charge is 0.340 e. The largest absolute Gasteiger partial charge is 0.462 e. The zero-order chi connectivity index (χ0) is 8.97. The minimum atomic E-state index is -0.350. The summed E-state index contributed by atoms with van der Waals surface area (Å²) in [6.45, 7) is 2.14. The molecule has 0 aliphatic rings. The highest BCUT2D eigenvalue weighted by Crippen LogP contribution is 2.13. The summed E-state index contributed by atoms with van der Waals surface area (Å²) in [4.78, 5) is 15.1. The zero-order valence-electron chi connectivity index (χ0n) is 6.58. The second kappa shape index (κ2) is 4.21. The van der Waals surface area contributed by atoms with Crippen molar-refractivity contribution in [3.8, 4) is 0 Å². The van der Waals surface area contributed by atoms with Gasteiger partial charge in [0.1, 0.15) is 4.60 Å². The van der Waals surface area contributed by atoms with Crippen molar-refractivity contribution in [1.82, 2.24) is 4.98 Å². The third kappa shape index (κ3) is 2.04. The highest BCUT2D eigenvalue weighted by atomic mass is 79.9. The third-order valence-electron chi connectivity index (χ3n) is 1.25. The first-order valence-corrected chi connectivity index (χ1v) is 4.32. The van der Waals surface area contributed by atoms with E-state index in [2.05, 4.69) is 20.9 Å². The Morgan fingerprint density at radius 1 is 1.75 bits per heavy atom. The van der Waals surface area contributed by atoms with Crippen molar-refractivity contribution in [3.63, 3.8) is 0 Å². The van der Waals surface area contributed by atoms with Crippen LogP contribution in [0.15, 0.2) is 22.9 Å². The Balaban J connectivity index is 2.87. The Kier molecular flexibility index (Phi) is 3.22. The molecule has 0 saturated carbocycles. The maximum atomic E-state index is 11.2. The van der Waals surface area contributed by atoms with E-state index < -0.39 is 0 Å². The van der Waals surface area contributed by atoms with Gasteiger partial charge in [-0.05, 0) is 35.0 Å². The van der Waals surface area contributed by atoms with Gasteiger partial charge in [-0.2, -0.15) is 0 Å². The summed E-state index contributed by atoms with van der Waals surface area (Å²) in [6.07, 6.45) is 1.60. The number of pyridine rings is 1. The van der Waals surface area contributed by atoms with E-state index in [-0.39, 0.29) is 5.97 Å². The van der Waals surface area contributed by atoms with Crippen molar-refractivity contribution in [2.75, 3.05) is 6.61 Å². The number of hydrogen-bond acceptors (Lipinski definition) is 3. The van der Waals surface area contributed by atoms with Crippen LogP contribution < -0.4 is 0 Å². The molecule has 0 radical (unpaired) electrons. The van der Waals surface area contributed by atoms with E-state index in [1.807, 2.05) is 0 Å². The standard InChI is InChI=1S/C8H8BrNO2/c1-2-12-8(11)6-4-3-5-10-7(6)9/h3-5H,2H2,1H3. The molecule has 1 rings (SSSR count). The molecular weight excluding hydrogens is 222 g/mol. The lowest BCUT2D eigenvalue weighted by molar-refractivity contribution is 0.0524. The number of halogens is 1. The van der Waals surface area contributed by atoms with Crippen LogP contribution in [0.1, 0.15) is 17.3 Å². The van der Waals surface area contributed by atoms with Crippen LogP contribution in [0.5, 0.6) is 0 Å². The summed E-state index contributed by atoms with van der Waals surface area (Å²) in [5, 5.41) is 0. The second-order valence-corrected chi connectivity index (χ2v) is 2.81. The topological polar surface area (TPSA) is 39.2 Å². The molecule has 12 heavy (non-hydrogen) atoms. The molecular formula is C8H8BrNO2. The zero-order valence-corrected chi connectivity index (χ0v) is 8.17. The number of nitrogens with zero attached hydrogens (tertiary/aromatic N) is 1. The molecule has 4 heteroatoms. The first kappa shape index (κ1) is 9.19. The fourth-order valence-electron chi connectivity index (χ4n) is 0.747. The van der Waals surface area contributed by atoms with E-state index in [1.165, 1.54) is 0 Å². The maximum absolute atomic E-state index is 11.2. The summed E-state index contributed by atoms with van der Waals surface area (Å²) in [5.74, 6) is -0.350. The molecule has 0 atom stereocenters. The Labute approximate surface area is 78.9 Å². The number of carbonyl (C=O) groups is 1. The Morgan fingerprint density at radius 2 is 2.50 bits per heavy atom. The number of aromatic nitrogens is 1. The molecule has 0 saturated heterocycles. The normalized spacial score (nSPS) is 9.50. The lowest BCUT2D eigenvalue weighted by Gasteiger charge is -2.01. The first-order chi connectivity index (χ1) is 5.75. The van der Waals surface area contributed by atoms with Crippen molar-refractivity contribution in [1.29, 1.82) is 0 Å². The van der Waals surface area contributed by atoms with Crippen LogP contribution >= 0.6 is 15.9 Å². The molecule has 0 unspecified atom stereocenters. The van der Waals surface area contributed by atoms with Crippen LogP contribution in [-0.2, 0) is 4.74 Å². The van der Waals surface area contributed by atoms with Gasteiger partial charge in [-0.1, -0.05) is 0 Å². The van der Waals surface area contributed by atoms with Crippen molar-refractivity contribution >= 4 is 21.9 Å². The van der Waals surface area contributed by atoms with Crippen LogP contribution in [0, 0.1) is 0 Å². The average molecular weight is 230 g/mol. The van der Waals surface area contributed by atoms with Crippen molar-refractivity contribution in [2.24, 2.45) is 0 Å². The van der Waals surface area contributed by atoms with Crippen LogP contribution in [0.3, 0.4) is 0 Å². The summed E-state index contributed by atoms with van der Waals surface area (Å²) in [7, 11) is 0. The predicted molar refractivity (Wildman–Crippen MR) is 47.9 cm³/mol. The molecule has 1 aromatic rings. The third-order valence-corrected chi connectivity index (χ3v) is 1.89. The quantitative estimate of drug-likeness (QED) is 0.576. The van der Waals surface area contributed by atoms with Gasteiger partial charge in [0.15, 0.2) is 0 Å². The molecule has 0 aromatic carbocycles. The van der Waals surface area contributed by atoms with Gasteiger partial charge in [0.05, 0.1) is 12.2 Å². The van der Waals surface area contributed by atoms with E-state index >= 15 is 0 Å². The highest BCUT2D eigenvalue weighted by Gasteiger charge is 2.09. The summed E-state index contributed by atoms with van der Waals surface area (Å²) in [6, 6.07) is 3.35. The molecule has 0 N–H and O–H groups in total. The van der Waals surface area contributed by atoms with Gasteiger partial charge in [0.2, 0.25) is 0 Å². The van der Waals surface area contributed by atoms with Gasteiger partial charge in [-0.25, -0.2) is 9.78 Å². The van der Waals surface area contributed by atoms with Crippen LogP contribution in [0.2, 0.25) is 0 Å². The maximum Gasteiger partial charge on any atom is 0.340 e. The molecule has 0 fully saturated rings. The van der Waals surface area contributed by atoms with E-state index in [9.17, 15) is 4.79 Å². The number of esters is 1. The van der Waals surface area contributed by atoms with Gasteiger partial charge >= 0.3 is 5.97 Å².